The number of carboxylic acids is 2. The molecule has 1 aliphatic heterocycles. The summed E-state index contributed by atoms with van der Waals surface area (Å²) < 4.78 is 4.15. The van der Waals surface area contributed by atoms with Gasteiger partial charge in [-0.15, -0.1) is 0 Å². The van der Waals surface area contributed by atoms with Crippen molar-refractivity contribution in [3.8, 4) is 11.4 Å². The van der Waals surface area contributed by atoms with Crippen LogP contribution in [-0.2, 0) is 29.7 Å². The van der Waals surface area contributed by atoms with Crippen molar-refractivity contribution in [3.05, 3.63) is 77.9 Å². The molecular formula is C28H29N5O4. The van der Waals surface area contributed by atoms with E-state index in [1.807, 2.05) is 10.8 Å². The Kier molecular flexibility index (Phi) is 6.62. The van der Waals surface area contributed by atoms with Gasteiger partial charge in [0.15, 0.2) is 0 Å². The number of aromatic nitrogens is 4. The molecule has 2 N–H and O–H groups in total. The van der Waals surface area contributed by atoms with Gasteiger partial charge in [0.25, 0.3) is 0 Å². The summed E-state index contributed by atoms with van der Waals surface area (Å²) in [5, 5.41) is 18.4. The van der Waals surface area contributed by atoms with Gasteiger partial charge in [0.1, 0.15) is 5.82 Å². The van der Waals surface area contributed by atoms with Gasteiger partial charge in [-0.05, 0) is 49.6 Å². The Balaban J connectivity index is 1.33. The lowest BCUT2D eigenvalue weighted by Gasteiger charge is -2.21. The molecule has 1 saturated heterocycles. The van der Waals surface area contributed by atoms with Crippen molar-refractivity contribution >= 4 is 28.5 Å². The lowest BCUT2D eigenvalue weighted by Crippen LogP contribution is -2.27. The van der Waals surface area contributed by atoms with Crippen molar-refractivity contribution < 1.29 is 19.8 Å². The van der Waals surface area contributed by atoms with Crippen LogP contribution in [0.25, 0.3) is 28.0 Å². The summed E-state index contributed by atoms with van der Waals surface area (Å²) in [5.41, 5.74) is 4.79. The molecule has 2 aromatic heterocycles. The summed E-state index contributed by atoms with van der Waals surface area (Å²) in [5.74, 6) is -1.67. The van der Waals surface area contributed by atoms with Crippen LogP contribution in [0.15, 0.2) is 61.1 Å². The predicted octanol–water partition coefficient (Wildman–Crippen LogP) is 4.02. The smallest absolute Gasteiger partial charge is 0.336 e. The number of benzene rings is 2. The van der Waals surface area contributed by atoms with E-state index in [0.717, 1.165) is 35.6 Å². The first-order valence-electron chi connectivity index (χ1n) is 12.3. The molecule has 1 aliphatic rings. The Labute approximate surface area is 214 Å². The number of carboxylic acid groups (broad SMARTS) is 2. The van der Waals surface area contributed by atoms with Gasteiger partial charge in [0.05, 0.1) is 34.8 Å². The number of fused-ring (bicyclic) bond motifs is 1. The topological polar surface area (TPSA) is 113 Å². The zero-order valence-electron chi connectivity index (χ0n) is 20.8. The van der Waals surface area contributed by atoms with Crippen LogP contribution in [0.4, 0.5) is 0 Å². The number of hydrogen-bond donors (Lipinski definition) is 2. The van der Waals surface area contributed by atoms with Gasteiger partial charge >= 0.3 is 11.9 Å². The fourth-order valence-corrected chi connectivity index (χ4v) is 5.00. The van der Waals surface area contributed by atoms with Gasteiger partial charge in [-0.25, -0.2) is 19.6 Å². The van der Waals surface area contributed by atoms with E-state index in [-0.39, 0.29) is 5.57 Å². The molecule has 9 nitrogen and oxygen atoms in total. The van der Waals surface area contributed by atoms with Crippen LogP contribution in [0.3, 0.4) is 0 Å². The summed E-state index contributed by atoms with van der Waals surface area (Å²) >= 11 is 0. The van der Waals surface area contributed by atoms with Crippen molar-refractivity contribution in [2.24, 2.45) is 7.05 Å². The van der Waals surface area contributed by atoms with Crippen LogP contribution in [0.2, 0.25) is 0 Å². The molecule has 9 heteroatoms. The van der Waals surface area contributed by atoms with Crippen LogP contribution >= 0.6 is 0 Å². The van der Waals surface area contributed by atoms with Gasteiger partial charge in [-0.3, -0.25) is 4.90 Å². The van der Waals surface area contributed by atoms with E-state index in [4.69, 9.17) is 10.1 Å². The van der Waals surface area contributed by atoms with Gasteiger partial charge in [-0.2, -0.15) is 0 Å². The van der Waals surface area contributed by atoms with Crippen molar-refractivity contribution in [2.45, 2.75) is 38.9 Å². The first-order chi connectivity index (χ1) is 17.8. The van der Waals surface area contributed by atoms with E-state index in [0.29, 0.717) is 29.7 Å². The quantitative estimate of drug-likeness (QED) is 0.352. The number of imidazole rings is 2. The Bertz CT molecular complexity index is 1500. The highest BCUT2D eigenvalue weighted by Gasteiger charge is 2.22. The zero-order chi connectivity index (χ0) is 26.1. The number of nitrogens with zero attached hydrogens (tertiary/aromatic N) is 5. The minimum atomic E-state index is -1.31. The Morgan fingerprint density at radius 2 is 1.86 bits per heavy atom. The molecule has 1 atom stereocenters. The minimum absolute atomic E-state index is 0.285. The third kappa shape index (κ3) is 5.03. The van der Waals surface area contributed by atoms with Crippen molar-refractivity contribution in [2.75, 3.05) is 6.54 Å². The average molecular weight is 500 g/mol. The van der Waals surface area contributed by atoms with E-state index < -0.39 is 11.9 Å². The molecule has 0 spiro atoms. The Morgan fingerprint density at radius 3 is 2.54 bits per heavy atom. The molecule has 0 radical (unpaired) electrons. The highest BCUT2D eigenvalue weighted by molar-refractivity contribution is 6.19. The molecule has 0 aliphatic carbocycles. The highest BCUT2D eigenvalue weighted by atomic mass is 16.4. The van der Waals surface area contributed by atoms with Gasteiger partial charge in [0.2, 0.25) is 0 Å². The van der Waals surface area contributed by atoms with E-state index in [2.05, 4.69) is 52.7 Å². The van der Waals surface area contributed by atoms with Crippen molar-refractivity contribution in [1.29, 1.82) is 0 Å². The largest absolute Gasteiger partial charge is 0.478 e. The van der Waals surface area contributed by atoms with E-state index in [1.54, 1.807) is 24.5 Å². The summed E-state index contributed by atoms with van der Waals surface area (Å²) in [4.78, 5) is 34.1. The third-order valence-electron chi connectivity index (χ3n) is 7.14. The number of rotatable bonds is 8. The number of likely N-dealkylation sites (tertiary alicyclic amines) is 1. The monoisotopic (exact) mass is 499 g/mol. The average Bonchev–Trinajstić information content (AvgIpc) is 3.57. The Morgan fingerprint density at radius 1 is 1.08 bits per heavy atom. The van der Waals surface area contributed by atoms with Crippen molar-refractivity contribution in [1.82, 2.24) is 24.0 Å². The lowest BCUT2D eigenvalue weighted by atomic mass is 10.0. The molecule has 0 amide bonds. The number of carbonyl (C=O) groups is 2. The zero-order valence-corrected chi connectivity index (χ0v) is 20.8. The molecule has 0 bridgehead atoms. The molecule has 4 aromatic rings. The maximum Gasteiger partial charge on any atom is 0.336 e. The fraction of sp³-hybridized carbons (Fsp3) is 0.286. The molecule has 1 unspecified atom stereocenters. The molecule has 0 saturated carbocycles. The predicted molar refractivity (Wildman–Crippen MR) is 140 cm³/mol. The second kappa shape index (κ2) is 10.0. The van der Waals surface area contributed by atoms with Crippen LogP contribution in [0.5, 0.6) is 0 Å². The molecular weight excluding hydrogens is 470 g/mol. The van der Waals surface area contributed by atoms with Crippen LogP contribution in [0, 0.1) is 0 Å². The SMILES string of the molecule is CC1CCCN1Cc1cnc(-c2ccc(Cn3cnc4cc(/C(=C/C(=O)O)C(=O)O)ccc43)cc2)n1C. The summed E-state index contributed by atoms with van der Waals surface area (Å²) in [6, 6.07) is 13.9. The number of aliphatic carboxylic acids is 2. The summed E-state index contributed by atoms with van der Waals surface area (Å²) in [7, 11) is 2.07. The standard InChI is InChI=1S/C28H29N5O4/c1-18-4-3-11-32(18)16-22-14-29-27(31(22)2)20-7-5-19(6-8-20)15-33-17-30-24-12-21(9-10-25(24)33)23(28(36)37)13-26(34)35/h5-10,12-14,17-18H,3-4,11,15-16H2,1-2H3,(H,34,35)(H,36,37)/b23-13-. The summed E-state index contributed by atoms with van der Waals surface area (Å²) in [6.07, 6.45) is 6.88. The molecule has 190 valence electrons. The van der Waals surface area contributed by atoms with Gasteiger partial charge in [0, 0.05) is 37.8 Å². The lowest BCUT2D eigenvalue weighted by molar-refractivity contribution is -0.133. The highest BCUT2D eigenvalue weighted by Crippen LogP contribution is 2.25. The van der Waals surface area contributed by atoms with Gasteiger partial charge in [-0.1, -0.05) is 30.3 Å². The maximum absolute atomic E-state index is 11.5. The van der Waals surface area contributed by atoms with Crippen LogP contribution < -0.4 is 0 Å². The van der Waals surface area contributed by atoms with Crippen LogP contribution in [-0.4, -0.2) is 58.7 Å². The van der Waals surface area contributed by atoms with Crippen LogP contribution in [0.1, 0.15) is 36.6 Å². The van der Waals surface area contributed by atoms with Gasteiger partial charge < -0.3 is 19.3 Å². The first-order valence-corrected chi connectivity index (χ1v) is 12.3. The fourth-order valence-electron chi connectivity index (χ4n) is 5.00. The first kappa shape index (κ1) is 24.5. The molecule has 5 rings (SSSR count). The maximum atomic E-state index is 11.5. The Hall–Kier alpha value is -4.24. The van der Waals surface area contributed by atoms with E-state index in [9.17, 15) is 14.7 Å². The normalized spacial score (nSPS) is 16.5. The molecule has 3 heterocycles. The number of hydrogen-bond acceptors (Lipinski definition) is 5. The second-order valence-corrected chi connectivity index (χ2v) is 9.57. The second-order valence-electron chi connectivity index (χ2n) is 9.57. The molecule has 2 aromatic carbocycles. The molecule has 37 heavy (non-hydrogen) atoms. The molecule has 1 fully saturated rings. The summed E-state index contributed by atoms with van der Waals surface area (Å²) in [6.45, 7) is 4.93. The van der Waals surface area contributed by atoms with Crippen molar-refractivity contribution in [3.63, 3.8) is 0 Å². The van der Waals surface area contributed by atoms with E-state index >= 15 is 0 Å². The van der Waals surface area contributed by atoms with E-state index in [1.165, 1.54) is 18.5 Å². The third-order valence-corrected chi connectivity index (χ3v) is 7.14. The minimum Gasteiger partial charge on any atom is -0.478 e.